The number of hydrogen-bond acceptors (Lipinski definition) is 6. The van der Waals surface area contributed by atoms with Crippen molar-refractivity contribution in [1.29, 1.82) is 0 Å². The van der Waals surface area contributed by atoms with E-state index < -0.39 is 15.1 Å². The number of nitrogens with one attached hydrogen (secondary N) is 1. The van der Waals surface area contributed by atoms with Gasteiger partial charge < -0.3 is 5.32 Å². The maximum absolute atomic E-state index is 13.3. The fraction of sp³-hybridized carbons (Fsp3) is 0.240. The average Bonchev–Trinajstić information content (AvgIpc) is 3.43. The van der Waals surface area contributed by atoms with Gasteiger partial charge in [0.1, 0.15) is 5.25 Å². The number of fused-ring (bicyclic) bond motifs is 1. The highest BCUT2D eigenvalue weighted by Gasteiger charge is 2.35. The standard InChI is InChI=1S/C25H24N2O5S2/c1-17-10-12-18(13-11-17)34(31,32)22(21-8-5-15-33-21)16-26-23(28)9-4-14-27-24(29)19-6-2-3-7-20(19)25(27)30/h2-3,5-8,10-13,15,22H,4,9,14,16H2,1H3,(H,26,28)/t22-/m1/s1. The van der Waals surface area contributed by atoms with Gasteiger partial charge in [0.15, 0.2) is 9.84 Å². The van der Waals surface area contributed by atoms with Crippen LogP contribution < -0.4 is 5.32 Å². The largest absolute Gasteiger partial charge is 0.354 e. The molecule has 7 nitrogen and oxygen atoms in total. The van der Waals surface area contributed by atoms with Gasteiger partial charge in [-0.05, 0) is 49.1 Å². The minimum absolute atomic E-state index is 0.0646. The van der Waals surface area contributed by atoms with Gasteiger partial charge in [-0.25, -0.2) is 8.42 Å². The van der Waals surface area contributed by atoms with E-state index in [2.05, 4.69) is 5.32 Å². The number of rotatable bonds is 9. The molecule has 0 fully saturated rings. The smallest absolute Gasteiger partial charge is 0.261 e. The zero-order valence-electron chi connectivity index (χ0n) is 18.6. The van der Waals surface area contributed by atoms with Crippen LogP contribution in [0.3, 0.4) is 0 Å². The zero-order valence-corrected chi connectivity index (χ0v) is 20.2. The summed E-state index contributed by atoms with van der Waals surface area (Å²) in [6.07, 6.45) is 0.348. The maximum Gasteiger partial charge on any atom is 0.261 e. The van der Waals surface area contributed by atoms with Crippen molar-refractivity contribution < 1.29 is 22.8 Å². The Hall–Kier alpha value is -3.30. The van der Waals surface area contributed by atoms with Crippen molar-refractivity contribution in [3.05, 3.63) is 87.6 Å². The van der Waals surface area contributed by atoms with E-state index in [9.17, 15) is 22.8 Å². The van der Waals surface area contributed by atoms with Crippen molar-refractivity contribution in [1.82, 2.24) is 10.2 Å². The molecule has 0 spiro atoms. The van der Waals surface area contributed by atoms with Crippen LogP contribution in [0.15, 0.2) is 70.9 Å². The van der Waals surface area contributed by atoms with Crippen LogP contribution in [-0.2, 0) is 14.6 Å². The zero-order chi connectivity index (χ0) is 24.3. The first-order valence-corrected chi connectivity index (χ1v) is 13.3. The normalized spacial score (nSPS) is 14.2. The Labute approximate surface area is 202 Å². The summed E-state index contributed by atoms with van der Waals surface area (Å²) in [4.78, 5) is 39.4. The summed E-state index contributed by atoms with van der Waals surface area (Å²) in [5, 5.41) is 3.62. The van der Waals surface area contributed by atoms with Crippen molar-refractivity contribution >= 4 is 38.9 Å². The number of carbonyl (C=O) groups excluding carboxylic acids is 3. The summed E-state index contributed by atoms with van der Waals surface area (Å²) < 4.78 is 26.6. The van der Waals surface area contributed by atoms with Crippen LogP contribution in [0.2, 0.25) is 0 Å². The number of benzene rings is 2. The van der Waals surface area contributed by atoms with E-state index in [1.165, 1.54) is 11.3 Å². The van der Waals surface area contributed by atoms with E-state index in [0.29, 0.717) is 16.0 Å². The summed E-state index contributed by atoms with van der Waals surface area (Å²) >= 11 is 1.32. The number of carbonyl (C=O) groups is 3. The third-order valence-corrected chi connectivity index (χ3v) is 8.97. The highest BCUT2D eigenvalue weighted by molar-refractivity contribution is 7.91. The first-order chi connectivity index (χ1) is 16.3. The number of thiophene rings is 1. The highest BCUT2D eigenvalue weighted by atomic mass is 32.2. The molecule has 1 aliphatic heterocycles. The predicted molar refractivity (Wildman–Crippen MR) is 129 cm³/mol. The van der Waals surface area contributed by atoms with E-state index in [4.69, 9.17) is 0 Å². The monoisotopic (exact) mass is 496 g/mol. The summed E-state index contributed by atoms with van der Waals surface area (Å²) in [5.74, 6) is -1.05. The number of hydrogen-bond donors (Lipinski definition) is 1. The lowest BCUT2D eigenvalue weighted by molar-refractivity contribution is -0.121. The van der Waals surface area contributed by atoms with Crippen molar-refractivity contribution in [3.8, 4) is 0 Å². The maximum atomic E-state index is 13.3. The van der Waals surface area contributed by atoms with Gasteiger partial charge in [0, 0.05) is 24.4 Å². The Morgan fingerprint density at radius 2 is 1.62 bits per heavy atom. The van der Waals surface area contributed by atoms with Crippen LogP contribution in [0.1, 0.15) is 49.2 Å². The van der Waals surface area contributed by atoms with Crippen LogP contribution in [0, 0.1) is 6.92 Å². The molecular weight excluding hydrogens is 472 g/mol. The van der Waals surface area contributed by atoms with Crippen molar-refractivity contribution in [2.24, 2.45) is 0 Å². The molecule has 0 bridgehead atoms. The minimum Gasteiger partial charge on any atom is -0.354 e. The van der Waals surface area contributed by atoms with Crippen molar-refractivity contribution in [3.63, 3.8) is 0 Å². The van der Waals surface area contributed by atoms with Gasteiger partial charge in [0.25, 0.3) is 11.8 Å². The summed E-state index contributed by atoms with van der Waals surface area (Å²) in [7, 11) is -3.72. The van der Waals surface area contributed by atoms with Crippen molar-refractivity contribution in [2.75, 3.05) is 13.1 Å². The fourth-order valence-corrected chi connectivity index (χ4v) is 6.65. The molecule has 0 aliphatic carbocycles. The Morgan fingerprint density at radius 3 is 2.21 bits per heavy atom. The van der Waals surface area contributed by atoms with Gasteiger partial charge in [-0.1, -0.05) is 35.9 Å². The van der Waals surface area contributed by atoms with Crippen LogP contribution in [0.25, 0.3) is 0 Å². The summed E-state index contributed by atoms with van der Waals surface area (Å²) in [5.41, 5.74) is 1.70. The molecule has 1 aliphatic rings. The quantitative estimate of drug-likeness (QED) is 0.455. The van der Waals surface area contributed by atoms with E-state index in [0.717, 1.165) is 10.5 Å². The lowest BCUT2D eigenvalue weighted by Gasteiger charge is -2.18. The number of amides is 3. The van der Waals surface area contributed by atoms with Crippen LogP contribution in [0.4, 0.5) is 0 Å². The molecule has 4 rings (SSSR count). The number of sulfone groups is 1. The molecule has 3 aromatic rings. The molecule has 2 aromatic carbocycles. The SMILES string of the molecule is Cc1ccc(S(=O)(=O)[C@H](CNC(=O)CCCN2C(=O)c3ccccc3C2=O)c2cccs2)cc1. The van der Waals surface area contributed by atoms with Gasteiger partial charge in [-0.2, -0.15) is 0 Å². The lowest BCUT2D eigenvalue weighted by Crippen LogP contribution is -2.34. The first-order valence-electron chi connectivity index (χ1n) is 10.8. The minimum atomic E-state index is -3.72. The van der Waals surface area contributed by atoms with E-state index >= 15 is 0 Å². The first kappa shape index (κ1) is 23.8. The third kappa shape index (κ3) is 4.80. The van der Waals surface area contributed by atoms with Gasteiger partial charge in [0.05, 0.1) is 16.0 Å². The lowest BCUT2D eigenvalue weighted by atomic mass is 10.1. The molecule has 2 heterocycles. The molecule has 0 unspecified atom stereocenters. The molecule has 9 heteroatoms. The highest BCUT2D eigenvalue weighted by Crippen LogP contribution is 2.31. The van der Waals surface area contributed by atoms with E-state index in [1.54, 1.807) is 66.0 Å². The average molecular weight is 497 g/mol. The molecule has 0 saturated carbocycles. The van der Waals surface area contributed by atoms with Crippen LogP contribution in [0.5, 0.6) is 0 Å². The molecule has 176 valence electrons. The second kappa shape index (κ2) is 9.90. The molecule has 0 saturated heterocycles. The number of aryl methyl sites for hydroxylation is 1. The molecule has 1 N–H and O–H groups in total. The number of nitrogens with zero attached hydrogens (tertiary/aromatic N) is 1. The van der Waals surface area contributed by atoms with Crippen LogP contribution >= 0.6 is 11.3 Å². The third-order valence-electron chi connectivity index (χ3n) is 5.73. The summed E-state index contributed by atoms with van der Waals surface area (Å²) in [6.45, 7) is 1.94. The fourth-order valence-electron chi connectivity index (χ4n) is 3.86. The summed E-state index contributed by atoms with van der Waals surface area (Å²) in [6, 6.07) is 16.8. The van der Waals surface area contributed by atoms with Crippen molar-refractivity contribution in [2.45, 2.75) is 29.9 Å². The Bertz CT molecular complexity index is 1280. The second-order valence-electron chi connectivity index (χ2n) is 8.08. The topological polar surface area (TPSA) is 101 Å². The predicted octanol–water partition coefficient (Wildman–Crippen LogP) is 3.76. The Morgan fingerprint density at radius 1 is 0.971 bits per heavy atom. The van der Waals surface area contributed by atoms with Gasteiger partial charge in [-0.15, -0.1) is 11.3 Å². The molecule has 1 aromatic heterocycles. The van der Waals surface area contributed by atoms with Gasteiger partial charge >= 0.3 is 0 Å². The number of imide groups is 1. The van der Waals surface area contributed by atoms with E-state index in [1.807, 2.05) is 6.92 Å². The van der Waals surface area contributed by atoms with Crippen LogP contribution in [-0.4, -0.2) is 44.1 Å². The Balaban J connectivity index is 1.36. The van der Waals surface area contributed by atoms with E-state index in [-0.39, 0.29) is 48.5 Å². The molecule has 34 heavy (non-hydrogen) atoms. The second-order valence-corrected chi connectivity index (χ2v) is 11.2. The molecule has 0 radical (unpaired) electrons. The molecular formula is C25H24N2O5S2. The molecule has 3 amide bonds. The van der Waals surface area contributed by atoms with Gasteiger partial charge in [-0.3, -0.25) is 19.3 Å². The van der Waals surface area contributed by atoms with Gasteiger partial charge in [0.2, 0.25) is 5.91 Å². The molecule has 1 atom stereocenters. The Kier molecular flexibility index (Phi) is 6.95.